The van der Waals surface area contributed by atoms with Gasteiger partial charge in [-0.05, 0) is 43.2 Å². The first kappa shape index (κ1) is 28.4. The van der Waals surface area contributed by atoms with Crippen molar-refractivity contribution in [2.24, 2.45) is 0 Å². The Bertz CT molecular complexity index is 1000. The summed E-state index contributed by atoms with van der Waals surface area (Å²) in [6, 6.07) is 13.8. The molecular weight excluding hydrogens is 464 g/mol. The molecule has 0 unspecified atom stereocenters. The van der Waals surface area contributed by atoms with Crippen LogP contribution in [0.2, 0.25) is 0 Å². The Morgan fingerprint density at radius 1 is 0.838 bits per heavy atom. The lowest BCUT2D eigenvalue weighted by atomic mass is 10.1. The lowest BCUT2D eigenvalue weighted by Crippen LogP contribution is -2.47. The van der Waals surface area contributed by atoms with Crippen LogP contribution in [0.3, 0.4) is 0 Å². The number of methoxy groups -OCH3 is 1. The lowest BCUT2D eigenvalue weighted by molar-refractivity contribution is -0.116. The Balaban J connectivity index is 1.66. The van der Waals surface area contributed by atoms with E-state index in [-0.39, 0.29) is 11.8 Å². The third kappa shape index (κ3) is 8.41. The summed E-state index contributed by atoms with van der Waals surface area (Å²) in [7, 11) is 1.70. The largest absolute Gasteiger partial charge is 0.495 e. The third-order valence-electron chi connectivity index (χ3n) is 6.86. The average molecular weight is 509 g/mol. The van der Waals surface area contributed by atoms with Crippen molar-refractivity contribution in [3.8, 4) is 5.75 Å². The number of carbonyl (C=O) groups excluding carboxylic acids is 2. The number of amides is 2. The van der Waals surface area contributed by atoms with E-state index >= 15 is 0 Å². The van der Waals surface area contributed by atoms with Gasteiger partial charge >= 0.3 is 0 Å². The van der Waals surface area contributed by atoms with E-state index < -0.39 is 0 Å². The van der Waals surface area contributed by atoms with E-state index in [1.807, 2.05) is 43.3 Å². The minimum Gasteiger partial charge on any atom is -0.495 e. The summed E-state index contributed by atoms with van der Waals surface area (Å²) in [6.07, 6.45) is 8.26. The predicted molar refractivity (Wildman–Crippen MR) is 153 cm³/mol. The molecular formula is C30H44N4O3. The molecule has 37 heavy (non-hydrogen) atoms. The first-order chi connectivity index (χ1) is 18.1. The van der Waals surface area contributed by atoms with Gasteiger partial charge in [0, 0.05) is 50.5 Å². The highest BCUT2D eigenvalue weighted by atomic mass is 16.5. The molecule has 0 aromatic heterocycles. The number of nitrogens with zero attached hydrogens (tertiary/aromatic N) is 2. The van der Waals surface area contributed by atoms with Gasteiger partial charge < -0.3 is 25.2 Å². The Morgan fingerprint density at radius 2 is 1.51 bits per heavy atom. The molecule has 7 nitrogen and oxygen atoms in total. The summed E-state index contributed by atoms with van der Waals surface area (Å²) in [4.78, 5) is 30.2. The fourth-order valence-corrected chi connectivity index (χ4v) is 4.77. The highest BCUT2D eigenvalue weighted by Crippen LogP contribution is 2.31. The number of hydrogen-bond donors (Lipinski definition) is 2. The van der Waals surface area contributed by atoms with Crippen molar-refractivity contribution in [2.75, 3.05) is 55.0 Å². The molecule has 202 valence electrons. The summed E-state index contributed by atoms with van der Waals surface area (Å²) in [5, 5.41) is 6.02. The Labute approximate surface area is 222 Å². The van der Waals surface area contributed by atoms with E-state index in [0.29, 0.717) is 24.2 Å². The maximum absolute atomic E-state index is 13.1. The average Bonchev–Trinajstić information content (AvgIpc) is 2.93. The number of para-hydroxylation sites is 2. The van der Waals surface area contributed by atoms with Crippen LogP contribution >= 0.6 is 0 Å². The Morgan fingerprint density at radius 3 is 2.22 bits per heavy atom. The molecule has 0 radical (unpaired) electrons. The summed E-state index contributed by atoms with van der Waals surface area (Å²) < 4.78 is 5.55. The second-order valence-corrected chi connectivity index (χ2v) is 9.70. The zero-order valence-corrected chi connectivity index (χ0v) is 22.9. The van der Waals surface area contributed by atoms with Crippen LogP contribution in [0, 0.1) is 0 Å². The zero-order chi connectivity index (χ0) is 26.5. The Hall–Kier alpha value is -3.22. The predicted octanol–water partition coefficient (Wildman–Crippen LogP) is 5.85. The molecule has 2 N–H and O–H groups in total. The van der Waals surface area contributed by atoms with Gasteiger partial charge in [-0.15, -0.1) is 0 Å². The SMILES string of the molecule is CCCCCCCCC(=O)Nc1ccc(N2CCN(c3ccccc3OC)CC2)c(C(=O)NCCC)c1. The van der Waals surface area contributed by atoms with Crippen LogP contribution in [0.5, 0.6) is 5.75 Å². The quantitative estimate of drug-likeness (QED) is 0.313. The van der Waals surface area contributed by atoms with E-state index in [1.54, 1.807) is 7.11 Å². The topological polar surface area (TPSA) is 73.9 Å². The zero-order valence-electron chi connectivity index (χ0n) is 22.9. The molecule has 1 saturated heterocycles. The summed E-state index contributed by atoms with van der Waals surface area (Å²) >= 11 is 0. The fourth-order valence-electron chi connectivity index (χ4n) is 4.77. The summed E-state index contributed by atoms with van der Waals surface area (Å²) in [5.74, 6) is 0.779. The van der Waals surface area contributed by atoms with Crippen LogP contribution in [-0.2, 0) is 4.79 Å². The van der Waals surface area contributed by atoms with Gasteiger partial charge in [0.2, 0.25) is 5.91 Å². The number of unbranched alkanes of at least 4 members (excludes halogenated alkanes) is 5. The molecule has 1 aliphatic heterocycles. The summed E-state index contributed by atoms with van der Waals surface area (Å²) in [6.45, 7) is 8.09. The highest BCUT2D eigenvalue weighted by Gasteiger charge is 2.23. The van der Waals surface area contributed by atoms with Crippen LogP contribution in [0.1, 0.15) is 75.6 Å². The van der Waals surface area contributed by atoms with E-state index in [4.69, 9.17) is 4.74 Å². The number of rotatable bonds is 14. The molecule has 0 spiro atoms. The van der Waals surface area contributed by atoms with Crippen molar-refractivity contribution in [1.82, 2.24) is 5.32 Å². The van der Waals surface area contributed by atoms with E-state index in [9.17, 15) is 9.59 Å². The first-order valence-electron chi connectivity index (χ1n) is 13.9. The molecule has 2 aromatic carbocycles. The van der Waals surface area contributed by atoms with Crippen LogP contribution in [0.25, 0.3) is 0 Å². The number of anilines is 3. The van der Waals surface area contributed by atoms with Crippen LogP contribution in [0.15, 0.2) is 42.5 Å². The molecule has 0 aliphatic carbocycles. The highest BCUT2D eigenvalue weighted by molar-refractivity contribution is 6.02. The number of carbonyl (C=O) groups is 2. The van der Waals surface area contributed by atoms with Gasteiger partial charge in [0.25, 0.3) is 5.91 Å². The molecule has 2 aromatic rings. The molecule has 3 rings (SSSR count). The van der Waals surface area contributed by atoms with Crippen LogP contribution in [-0.4, -0.2) is 51.6 Å². The number of ether oxygens (including phenoxy) is 1. The second-order valence-electron chi connectivity index (χ2n) is 9.70. The maximum Gasteiger partial charge on any atom is 0.253 e. The van der Waals surface area contributed by atoms with Gasteiger partial charge in [-0.3, -0.25) is 9.59 Å². The number of nitrogens with one attached hydrogen (secondary N) is 2. The molecule has 0 saturated carbocycles. The van der Waals surface area contributed by atoms with Crippen molar-refractivity contribution < 1.29 is 14.3 Å². The molecule has 1 aliphatic rings. The Kier molecular flexibility index (Phi) is 11.6. The van der Waals surface area contributed by atoms with Crippen molar-refractivity contribution in [2.45, 2.75) is 65.2 Å². The van der Waals surface area contributed by atoms with Gasteiger partial charge in [0.15, 0.2) is 0 Å². The molecule has 2 amide bonds. The van der Waals surface area contributed by atoms with Crippen LogP contribution in [0.4, 0.5) is 17.1 Å². The number of hydrogen-bond acceptors (Lipinski definition) is 5. The molecule has 0 atom stereocenters. The van der Waals surface area contributed by atoms with E-state index in [2.05, 4.69) is 33.4 Å². The van der Waals surface area contributed by atoms with E-state index in [1.165, 1.54) is 25.7 Å². The molecule has 1 heterocycles. The summed E-state index contributed by atoms with van der Waals surface area (Å²) in [5.41, 5.74) is 3.28. The van der Waals surface area contributed by atoms with Crippen LogP contribution < -0.4 is 25.2 Å². The third-order valence-corrected chi connectivity index (χ3v) is 6.86. The van der Waals surface area contributed by atoms with Gasteiger partial charge in [0.1, 0.15) is 5.75 Å². The number of piperazine rings is 1. The lowest BCUT2D eigenvalue weighted by Gasteiger charge is -2.38. The molecule has 1 fully saturated rings. The van der Waals surface area contributed by atoms with E-state index in [0.717, 1.165) is 62.6 Å². The van der Waals surface area contributed by atoms with Gasteiger partial charge in [-0.2, -0.15) is 0 Å². The molecule has 7 heteroatoms. The van der Waals surface area contributed by atoms with Gasteiger partial charge in [-0.1, -0.05) is 58.1 Å². The smallest absolute Gasteiger partial charge is 0.253 e. The minimum absolute atomic E-state index is 0.00794. The van der Waals surface area contributed by atoms with Crippen molar-refractivity contribution in [3.05, 3.63) is 48.0 Å². The second kappa shape index (κ2) is 15.1. The van der Waals surface area contributed by atoms with Crippen molar-refractivity contribution >= 4 is 28.9 Å². The maximum atomic E-state index is 13.1. The fraction of sp³-hybridized carbons (Fsp3) is 0.533. The first-order valence-corrected chi connectivity index (χ1v) is 13.9. The minimum atomic E-state index is -0.101. The van der Waals surface area contributed by atoms with Gasteiger partial charge in [0.05, 0.1) is 18.4 Å². The van der Waals surface area contributed by atoms with Gasteiger partial charge in [-0.25, -0.2) is 0 Å². The van der Waals surface area contributed by atoms with Crippen molar-refractivity contribution in [3.63, 3.8) is 0 Å². The number of benzene rings is 2. The standard InChI is InChI=1S/C30H44N4O3/c1-4-6-7-8-9-10-15-29(35)32-24-16-17-26(25(23-24)30(36)31-18-5-2)33-19-21-34(22-20-33)27-13-11-12-14-28(27)37-3/h11-14,16-17,23H,4-10,15,18-22H2,1-3H3,(H,31,36)(H,32,35). The van der Waals surface area contributed by atoms with Crippen molar-refractivity contribution in [1.29, 1.82) is 0 Å². The molecule has 0 bridgehead atoms. The normalized spacial score (nSPS) is 13.4. The monoisotopic (exact) mass is 508 g/mol.